The molecule has 0 fully saturated rings. The lowest BCUT2D eigenvalue weighted by molar-refractivity contribution is -0.134. The van der Waals surface area contributed by atoms with Crippen LogP contribution >= 0.6 is 11.6 Å². The minimum absolute atomic E-state index is 0.0878. The highest BCUT2D eigenvalue weighted by atomic mass is 35.5. The van der Waals surface area contributed by atoms with E-state index >= 15 is 0 Å². The summed E-state index contributed by atoms with van der Waals surface area (Å²) in [5.41, 5.74) is 1.86. The zero-order chi connectivity index (χ0) is 24.5. The molecule has 0 aliphatic heterocycles. The van der Waals surface area contributed by atoms with Gasteiger partial charge in [0.15, 0.2) is 18.1 Å². The summed E-state index contributed by atoms with van der Waals surface area (Å²) in [6.45, 7) is 0.516. The first-order chi connectivity index (χ1) is 16.4. The first-order valence-corrected chi connectivity index (χ1v) is 11.0. The van der Waals surface area contributed by atoms with Gasteiger partial charge in [-0.25, -0.2) is 4.79 Å². The Hall–Kier alpha value is -3.71. The van der Waals surface area contributed by atoms with Crippen molar-refractivity contribution in [1.29, 1.82) is 0 Å². The summed E-state index contributed by atoms with van der Waals surface area (Å²) in [5.74, 6) is -0.109. The third-order valence-electron chi connectivity index (χ3n) is 5.21. The molecule has 0 unspecified atom stereocenters. The number of halogens is 1. The summed E-state index contributed by atoms with van der Waals surface area (Å²) >= 11 is 5.89. The second-order valence-electron chi connectivity index (χ2n) is 7.47. The summed E-state index contributed by atoms with van der Waals surface area (Å²) < 4.78 is 16.2. The Morgan fingerprint density at radius 2 is 1.59 bits per heavy atom. The maximum absolute atomic E-state index is 13.1. The maximum atomic E-state index is 13.1. The summed E-state index contributed by atoms with van der Waals surface area (Å²) in [6, 6.07) is 19.5. The standard InChI is InChI=1S/C26H26ClNO6/c1-32-23-10-8-18(14-24(23)33-2)12-13-28(16-19-6-4-3-5-7-19)25(29)17-34-22-11-9-20(27)15-21(22)26(30)31/h3-11,14-15H,12-13,16-17H2,1-2H3,(H,30,31). The first kappa shape index (κ1) is 24.9. The number of nitrogens with zero attached hydrogens (tertiary/aromatic N) is 1. The average Bonchev–Trinajstić information content (AvgIpc) is 2.85. The van der Waals surface area contributed by atoms with Gasteiger partial charge in [0.05, 0.1) is 14.2 Å². The quantitative estimate of drug-likeness (QED) is 0.425. The molecule has 0 aliphatic rings. The van der Waals surface area contributed by atoms with Crippen LogP contribution < -0.4 is 14.2 Å². The Labute approximate surface area is 203 Å². The van der Waals surface area contributed by atoms with Crippen molar-refractivity contribution in [3.8, 4) is 17.2 Å². The zero-order valence-corrected chi connectivity index (χ0v) is 19.7. The molecule has 34 heavy (non-hydrogen) atoms. The zero-order valence-electron chi connectivity index (χ0n) is 19.0. The number of methoxy groups -OCH3 is 2. The fourth-order valence-electron chi connectivity index (χ4n) is 3.42. The van der Waals surface area contributed by atoms with Gasteiger partial charge in [0, 0.05) is 18.1 Å². The van der Waals surface area contributed by atoms with E-state index in [0.717, 1.165) is 11.1 Å². The van der Waals surface area contributed by atoms with Crippen LogP contribution in [0.1, 0.15) is 21.5 Å². The maximum Gasteiger partial charge on any atom is 0.339 e. The molecule has 0 radical (unpaired) electrons. The molecule has 0 spiro atoms. The van der Waals surface area contributed by atoms with E-state index in [1.54, 1.807) is 19.1 Å². The fraction of sp³-hybridized carbons (Fsp3) is 0.231. The van der Waals surface area contributed by atoms with Crippen LogP contribution in [-0.4, -0.2) is 49.3 Å². The third-order valence-corrected chi connectivity index (χ3v) is 5.45. The van der Waals surface area contributed by atoms with Crippen molar-refractivity contribution in [3.05, 3.63) is 88.4 Å². The number of carboxylic acid groups (broad SMARTS) is 1. The Morgan fingerprint density at radius 1 is 0.882 bits per heavy atom. The van der Waals surface area contributed by atoms with Crippen molar-refractivity contribution in [2.75, 3.05) is 27.4 Å². The predicted octanol–water partition coefficient (Wildman–Crippen LogP) is 4.71. The van der Waals surface area contributed by atoms with E-state index in [-0.39, 0.29) is 28.8 Å². The van der Waals surface area contributed by atoms with Crippen LogP contribution in [0, 0.1) is 0 Å². The van der Waals surface area contributed by atoms with Crippen LogP contribution in [0.25, 0.3) is 0 Å². The minimum atomic E-state index is -1.18. The minimum Gasteiger partial charge on any atom is -0.493 e. The Bertz CT molecular complexity index is 1140. The van der Waals surface area contributed by atoms with E-state index < -0.39 is 5.97 Å². The van der Waals surface area contributed by atoms with Gasteiger partial charge in [-0.3, -0.25) is 4.79 Å². The van der Waals surface area contributed by atoms with Crippen LogP contribution in [0.3, 0.4) is 0 Å². The predicted molar refractivity (Wildman–Crippen MR) is 129 cm³/mol. The number of carbonyl (C=O) groups excluding carboxylic acids is 1. The van der Waals surface area contributed by atoms with Gasteiger partial charge in [0.25, 0.3) is 5.91 Å². The van der Waals surface area contributed by atoms with Gasteiger partial charge in [-0.15, -0.1) is 0 Å². The molecule has 8 heteroatoms. The lowest BCUT2D eigenvalue weighted by Crippen LogP contribution is -2.36. The van der Waals surface area contributed by atoms with Crippen LogP contribution in [-0.2, 0) is 17.8 Å². The van der Waals surface area contributed by atoms with Crippen molar-refractivity contribution in [2.24, 2.45) is 0 Å². The molecule has 178 valence electrons. The van der Waals surface area contributed by atoms with Crippen LogP contribution in [0.15, 0.2) is 66.7 Å². The average molecular weight is 484 g/mol. The van der Waals surface area contributed by atoms with Crippen molar-refractivity contribution in [2.45, 2.75) is 13.0 Å². The van der Waals surface area contributed by atoms with E-state index in [1.165, 1.54) is 18.2 Å². The van der Waals surface area contributed by atoms with Crippen LogP contribution in [0.2, 0.25) is 5.02 Å². The molecule has 0 aliphatic carbocycles. The molecule has 0 aromatic heterocycles. The van der Waals surface area contributed by atoms with E-state index in [2.05, 4.69) is 0 Å². The van der Waals surface area contributed by atoms with Gasteiger partial charge in [0.1, 0.15) is 11.3 Å². The molecule has 3 rings (SSSR count). The highest BCUT2D eigenvalue weighted by Gasteiger charge is 2.18. The molecule has 0 saturated carbocycles. The fourth-order valence-corrected chi connectivity index (χ4v) is 3.59. The number of hydrogen-bond acceptors (Lipinski definition) is 5. The topological polar surface area (TPSA) is 85.3 Å². The SMILES string of the molecule is COc1ccc(CCN(Cc2ccccc2)C(=O)COc2ccc(Cl)cc2C(=O)O)cc1OC. The lowest BCUT2D eigenvalue weighted by Gasteiger charge is -2.23. The number of amides is 1. The molecule has 0 heterocycles. The second kappa shape index (κ2) is 12.0. The summed E-state index contributed by atoms with van der Waals surface area (Å²) in [4.78, 5) is 26.3. The highest BCUT2D eigenvalue weighted by Crippen LogP contribution is 2.28. The highest BCUT2D eigenvalue weighted by molar-refractivity contribution is 6.31. The van der Waals surface area contributed by atoms with Gasteiger partial charge in [-0.05, 0) is 47.9 Å². The molecule has 0 bridgehead atoms. The van der Waals surface area contributed by atoms with Gasteiger partial charge >= 0.3 is 5.97 Å². The van der Waals surface area contributed by atoms with Gasteiger partial charge in [-0.1, -0.05) is 48.0 Å². The smallest absolute Gasteiger partial charge is 0.339 e. The number of hydrogen-bond donors (Lipinski definition) is 1. The monoisotopic (exact) mass is 483 g/mol. The van der Waals surface area contributed by atoms with Gasteiger partial charge in [0.2, 0.25) is 0 Å². The number of carbonyl (C=O) groups is 2. The Kier molecular flexibility index (Phi) is 8.76. The van der Waals surface area contributed by atoms with Crippen molar-refractivity contribution in [1.82, 2.24) is 4.90 Å². The van der Waals surface area contributed by atoms with E-state index in [9.17, 15) is 14.7 Å². The molecular weight excluding hydrogens is 458 g/mol. The van der Waals surface area contributed by atoms with Gasteiger partial charge in [-0.2, -0.15) is 0 Å². The molecule has 1 amide bonds. The summed E-state index contributed by atoms with van der Waals surface area (Å²) in [6.07, 6.45) is 0.584. The Morgan fingerprint density at radius 3 is 2.26 bits per heavy atom. The first-order valence-electron chi connectivity index (χ1n) is 10.6. The lowest BCUT2D eigenvalue weighted by atomic mass is 10.1. The van der Waals surface area contributed by atoms with E-state index in [1.807, 2.05) is 48.5 Å². The molecule has 3 aromatic carbocycles. The molecule has 0 saturated heterocycles. The van der Waals surface area contributed by atoms with Crippen molar-refractivity contribution < 1.29 is 28.9 Å². The third kappa shape index (κ3) is 6.65. The van der Waals surface area contributed by atoms with E-state index in [4.69, 9.17) is 25.8 Å². The van der Waals surface area contributed by atoms with Crippen LogP contribution in [0.4, 0.5) is 0 Å². The Balaban J connectivity index is 1.74. The van der Waals surface area contributed by atoms with Gasteiger partial charge < -0.3 is 24.2 Å². The van der Waals surface area contributed by atoms with Crippen LogP contribution in [0.5, 0.6) is 17.2 Å². The second-order valence-corrected chi connectivity index (χ2v) is 7.91. The summed E-state index contributed by atoms with van der Waals surface area (Å²) in [7, 11) is 3.15. The molecule has 7 nitrogen and oxygen atoms in total. The number of aromatic carboxylic acids is 1. The van der Waals surface area contributed by atoms with E-state index in [0.29, 0.717) is 31.0 Å². The number of benzene rings is 3. The number of ether oxygens (including phenoxy) is 3. The number of carboxylic acids is 1. The van der Waals surface area contributed by atoms with Crippen molar-refractivity contribution in [3.63, 3.8) is 0 Å². The largest absolute Gasteiger partial charge is 0.493 e. The molecule has 1 N–H and O–H groups in total. The molecule has 3 aromatic rings. The van der Waals surface area contributed by atoms with Crippen molar-refractivity contribution >= 4 is 23.5 Å². The number of rotatable bonds is 11. The normalized spacial score (nSPS) is 10.4. The molecule has 0 atom stereocenters. The summed E-state index contributed by atoms with van der Waals surface area (Å²) in [5, 5.41) is 9.67. The molecular formula is C26H26ClNO6.